The van der Waals surface area contributed by atoms with Crippen molar-refractivity contribution in [3.05, 3.63) is 18.3 Å². The fourth-order valence-electron chi connectivity index (χ4n) is 2.35. The smallest absolute Gasteiger partial charge is 0.245 e. The van der Waals surface area contributed by atoms with Crippen molar-refractivity contribution in [2.75, 3.05) is 11.9 Å². The highest BCUT2D eigenvalue weighted by molar-refractivity contribution is 5.94. The van der Waals surface area contributed by atoms with Crippen LogP contribution in [-0.4, -0.2) is 28.4 Å². The maximum atomic E-state index is 11.9. The van der Waals surface area contributed by atoms with Gasteiger partial charge in [-0.2, -0.15) is 0 Å². The number of nitrogens with one attached hydrogen (secondary N) is 2. The number of anilines is 1. The Kier molecular flexibility index (Phi) is 4.92. The first-order chi connectivity index (χ1) is 9.66. The molecule has 6 heteroatoms. The zero-order chi connectivity index (χ0) is 14.4. The minimum Gasteiger partial charge on any atom is -0.504 e. The van der Waals surface area contributed by atoms with E-state index in [9.17, 15) is 14.7 Å². The summed E-state index contributed by atoms with van der Waals surface area (Å²) in [6, 6.07) is 3.00. The first-order valence-electron chi connectivity index (χ1n) is 6.88. The van der Waals surface area contributed by atoms with Gasteiger partial charge in [-0.05, 0) is 25.0 Å². The highest BCUT2D eigenvalue weighted by atomic mass is 16.3. The zero-order valence-corrected chi connectivity index (χ0v) is 11.3. The Labute approximate surface area is 117 Å². The van der Waals surface area contributed by atoms with Crippen molar-refractivity contribution in [1.29, 1.82) is 0 Å². The van der Waals surface area contributed by atoms with Crippen LogP contribution in [0.3, 0.4) is 0 Å². The molecule has 0 radical (unpaired) electrons. The summed E-state index contributed by atoms with van der Waals surface area (Å²) in [6.07, 6.45) is 6.60. The first-order valence-corrected chi connectivity index (χ1v) is 6.88. The molecule has 2 amide bonds. The highest BCUT2D eigenvalue weighted by Gasteiger charge is 2.21. The molecular formula is C14H19N3O3. The van der Waals surface area contributed by atoms with E-state index in [0.29, 0.717) is 0 Å². The van der Waals surface area contributed by atoms with Crippen molar-refractivity contribution < 1.29 is 14.7 Å². The lowest BCUT2D eigenvalue weighted by molar-refractivity contribution is -0.128. The third-order valence-electron chi connectivity index (χ3n) is 3.44. The van der Waals surface area contributed by atoms with Gasteiger partial charge in [0, 0.05) is 12.1 Å². The lowest BCUT2D eigenvalue weighted by atomic mass is 9.89. The molecule has 3 N–H and O–H groups in total. The molecule has 0 atom stereocenters. The van der Waals surface area contributed by atoms with Crippen LogP contribution in [-0.2, 0) is 9.59 Å². The molecule has 1 heterocycles. The largest absolute Gasteiger partial charge is 0.504 e. The standard InChI is InChI=1S/C14H19N3O3/c18-11-7-4-8-15-13(11)17-12(19)9-16-14(20)10-5-2-1-3-6-10/h4,7-8,10,18H,1-3,5-6,9H2,(H,16,20)(H,15,17,19). The molecule has 1 fully saturated rings. The Bertz CT molecular complexity index is 484. The lowest BCUT2D eigenvalue weighted by Gasteiger charge is -2.20. The van der Waals surface area contributed by atoms with Gasteiger partial charge in [0.25, 0.3) is 0 Å². The third kappa shape index (κ3) is 3.94. The van der Waals surface area contributed by atoms with E-state index in [1.807, 2.05) is 0 Å². The molecule has 1 aromatic rings. The van der Waals surface area contributed by atoms with E-state index in [1.165, 1.54) is 18.7 Å². The van der Waals surface area contributed by atoms with Gasteiger partial charge in [-0.3, -0.25) is 9.59 Å². The van der Waals surface area contributed by atoms with Gasteiger partial charge in [0.2, 0.25) is 11.8 Å². The number of aromatic nitrogens is 1. The van der Waals surface area contributed by atoms with Gasteiger partial charge in [0.05, 0.1) is 6.54 Å². The average Bonchev–Trinajstić information content (AvgIpc) is 2.48. The van der Waals surface area contributed by atoms with E-state index in [-0.39, 0.29) is 29.9 Å². The number of carbonyl (C=O) groups excluding carboxylic acids is 2. The van der Waals surface area contributed by atoms with Gasteiger partial charge in [-0.25, -0.2) is 4.98 Å². The van der Waals surface area contributed by atoms with E-state index in [2.05, 4.69) is 15.6 Å². The molecule has 2 rings (SSSR count). The fourth-order valence-corrected chi connectivity index (χ4v) is 2.35. The van der Waals surface area contributed by atoms with E-state index in [4.69, 9.17) is 0 Å². The van der Waals surface area contributed by atoms with Crippen LogP contribution >= 0.6 is 0 Å². The van der Waals surface area contributed by atoms with Crippen LogP contribution in [0.5, 0.6) is 5.75 Å². The molecule has 0 bridgehead atoms. The van der Waals surface area contributed by atoms with Crippen LogP contribution in [0.2, 0.25) is 0 Å². The molecular weight excluding hydrogens is 258 g/mol. The van der Waals surface area contributed by atoms with Gasteiger partial charge in [-0.1, -0.05) is 19.3 Å². The quantitative estimate of drug-likeness (QED) is 0.776. The summed E-state index contributed by atoms with van der Waals surface area (Å²) in [5.74, 6) is -0.433. The van der Waals surface area contributed by atoms with E-state index in [1.54, 1.807) is 6.07 Å². The van der Waals surface area contributed by atoms with Crippen LogP contribution in [0.1, 0.15) is 32.1 Å². The second kappa shape index (κ2) is 6.88. The van der Waals surface area contributed by atoms with E-state index >= 15 is 0 Å². The topological polar surface area (TPSA) is 91.3 Å². The number of pyridine rings is 1. The van der Waals surface area contributed by atoms with Crippen molar-refractivity contribution in [3.63, 3.8) is 0 Å². The predicted octanol–water partition coefficient (Wildman–Crippen LogP) is 1.42. The van der Waals surface area contributed by atoms with E-state index in [0.717, 1.165) is 25.7 Å². The van der Waals surface area contributed by atoms with Crippen LogP contribution < -0.4 is 10.6 Å². The van der Waals surface area contributed by atoms with Gasteiger partial charge < -0.3 is 15.7 Å². The van der Waals surface area contributed by atoms with Crippen LogP contribution in [0.15, 0.2) is 18.3 Å². The van der Waals surface area contributed by atoms with Crippen molar-refractivity contribution in [2.45, 2.75) is 32.1 Å². The molecule has 1 saturated carbocycles. The Morgan fingerprint density at radius 2 is 2.05 bits per heavy atom. The summed E-state index contributed by atoms with van der Waals surface area (Å²) in [5, 5.41) is 14.6. The lowest BCUT2D eigenvalue weighted by Crippen LogP contribution is -2.37. The highest BCUT2D eigenvalue weighted by Crippen LogP contribution is 2.23. The number of carbonyl (C=O) groups is 2. The molecule has 1 aromatic heterocycles. The maximum absolute atomic E-state index is 11.9. The molecule has 20 heavy (non-hydrogen) atoms. The van der Waals surface area contributed by atoms with Crippen LogP contribution in [0.4, 0.5) is 5.82 Å². The van der Waals surface area contributed by atoms with Crippen molar-refractivity contribution >= 4 is 17.6 Å². The monoisotopic (exact) mass is 277 g/mol. The van der Waals surface area contributed by atoms with Crippen molar-refractivity contribution in [1.82, 2.24) is 10.3 Å². The maximum Gasteiger partial charge on any atom is 0.245 e. The summed E-state index contributed by atoms with van der Waals surface area (Å²) >= 11 is 0. The number of rotatable bonds is 4. The average molecular weight is 277 g/mol. The number of hydrogen-bond acceptors (Lipinski definition) is 4. The molecule has 6 nitrogen and oxygen atoms in total. The van der Waals surface area contributed by atoms with Crippen molar-refractivity contribution in [3.8, 4) is 5.75 Å². The van der Waals surface area contributed by atoms with Gasteiger partial charge in [-0.15, -0.1) is 0 Å². The summed E-state index contributed by atoms with van der Waals surface area (Å²) in [6.45, 7) is -0.106. The van der Waals surface area contributed by atoms with Gasteiger partial charge >= 0.3 is 0 Å². The second-order valence-electron chi connectivity index (χ2n) is 4.97. The third-order valence-corrected chi connectivity index (χ3v) is 3.44. The normalized spacial score (nSPS) is 15.6. The summed E-state index contributed by atoms with van der Waals surface area (Å²) in [7, 11) is 0. The summed E-state index contributed by atoms with van der Waals surface area (Å²) in [5.41, 5.74) is 0. The SMILES string of the molecule is O=C(CNC(=O)C1CCCCC1)Nc1ncccc1O. The Morgan fingerprint density at radius 3 is 2.75 bits per heavy atom. The molecule has 1 aliphatic rings. The number of hydrogen-bond donors (Lipinski definition) is 3. The van der Waals surface area contributed by atoms with Crippen LogP contribution in [0.25, 0.3) is 0 Å². The molecule has 1 aliphatic carbocycles. The summed E-state index contributed by atoms with van der Waals surface area (Å²) in [4.78, 5) is 27.4. The minimum atomic E-state index is -0.400. The first kappa shape index (κ1) is 14.3. The Morgan fingerprint density at radius 1 is 1.30 bits per heavy atom. The fraction of sp³-hybridized carbons (Fsp3) is 0.500. The zero-order valence-electron chi connectivity index (χ0n) is 11.3. The van der Waals surface area contributed by atoms with Gasteiger partial charge in [0.15, 0.2) is 11.6 Å². The second-order valence-corrected chi connectivity index (χ2v) is 4.97. The number of aromatic hydroxyl groups is 1. The predicted molar refractivity (Wildman–Crippen MR) is 74.1 cm³/mol. The molecule has 0 unspecified atom stereocenters. The number of amides is 2. The minimum absolute atomic E-state index is 0.0276. The Balaban J connectivity index is 1.77. The molecule has 108 valence electrons. The molecule has 0 spiro atoms. The molecule has 0 aromatic carbocycles. The number of nitrogens with zero attached hydrogens (tertiary/aromatic N) is 1. The molecule has 0 aliphatic heterocycles. The van der Waals surface area contributed by atoms with E-state index < -0.39 is 5.91 Å². The van der Waals surface area contributed by atoms with Crippen LogP contribution in [0, 0.1) is 5.92 Å². The Hall–Kier alpha value is -2.11. The van der Waals surface area contributed by atoms with Crippen molar-refractivity contribution in [2.24, 2.45) is 5.92 Å². The van der Waals surface area contributed by atoms with Gasteiger partial charge in [0.1, 0.15) is 0 Å². The molecule has 0 saturated heterocycles. The summed E-state index contributed by atoms with van der Waals surface area (Å²) < 4.78 is 0.